The van der Waals surface area contributed by atoms with Crippen LogP contribution in [0.4, 0.5) is 0 Å². The maximum absolute atomic E-state index is 9.80. The summed E-state index contributed by atoms with van der Waals surface area (Å²) >= 11 is 0. The average Bonchev–Trinajstić information content (AvgIpc) is 2.67. The van der Waals surface area contributed by atoms with E-state index in [9.17, 15) is 5.11 Å². The largest absolute Gasteiger partial charge is 0.394 e. The van der Waals surface area contributed by atoms with Crippen molar-refractivity contribution in [1.82, 2.24) is 4.90 Å². The Hall–Kier alpha value is -0.0800. The predicted octanol–water partition coefficient (Wildman–Crippen LogP) is 2.31. The van der Waals surface area contributed by atoms with Crippen LogP contribution < -0.4 is 0 Å². The van der Waals surface area contributed by atoms with Gasteiger partial charge in [-0.3, -0.25) is 4.90 Å². The Bertz CT molecular complexity index is 292. The zero-order valence-electron chi connectivity index (χ0n) is 10.1. The number of piperidine rings is 1. The summed E-state index contributed by atoms with van der Waals surface area (Å²) in [6.07, 6.45) is 9.05. The summed E-state index contributed by atoms with van der Waals surface area (Å²) in [6, 6.07) is 0. The number of hydrogen-bond acceptors (Lipinski definition) is 2. The Balaban J connectivity index is 2.06. The normalized spacial score (nSPS) is 54.6. The minimum absolute atomic E-state index is 0.151. The second-order valence-electron chi connectivity index (χ2n) is 6.57. The van der Waals surface area contributed by atoms with Gasteiger partial charge < -0.3 is 5.11 Å². The van der Waals surface area contributed by atoms with Gasteiger partial charge >= 0.3 is 0 Å². The van der Waals surface area contributed by atoms with Gasteiger partial charge in [-0.15, -0.1) is 0 Å². The molecule has 0 aromatic carbocycles. The van der Waals surface area contributed by atoms with Crippen LogP contribution in [0.3, 0.4) is 0 Å². The van der Waals surface area contributed by atoms with Gasteiger partial charge in [-0.1, -0.05) is 0 Å². The Morgan fingerprint density at radius 3 is 2.20 bits per heavy atom. The standard InChI is InChI=1S/C13H23NO/c1-11-4-3-5-13(10-15)9-8-12(2,7-6-11)14(11)13/h15H,3-10H2,1-2H3. The predicted molar refractivity (Wildman–Crippen MR) is 60.8 cm³/mol. The van der Waals surface area contributed by atoms with Crippen LogP contribution in [0, 0.1) is 0 Å². The second-order valence-corrected chi connectivity index (χ2v) is 6.57. The smallest absolute Gasteiger partial charge is 0.0615 e. The van der Waals surface area contributed by atoms with Crippen LogP contribution in [0.2, 0.25) is 0 Å². The molecule has 0 amide bonds. The number of hydrogen-bond donors (Lipinski definition) is 1. The molecule has 15 heavy (non-hydrogen) atoms. The molecule has 2 nitrogen and oxygen atoms in total. The number of rotatable bonds is 1. The number of aliphatic hydroxyl groups is 1. The lowest BCUT2D eigenvalue weighted by Crippen LogP contribution is -2.62. The van der Waals surface area contributed by atoms with Gasteiger partial charge in [0.1, 0.15) is 0 Å². The third kappa shape index (κ3) is 1.07. The van der Waals surface area contributed by atoms with E-state index in [1.165, 1.54) is 44.9 Å². The van der Waals surface area contributed by atoms with E-state index in [1.54, 1.807) is 0 Å². The van der Waals surface area contributed by atoms with Gasteiger partial charge in [0.05, 0.1) is 6.61 Å². The molecular formula is C13H23NO. The van der Waals surface area contributed by atoms with Crippen molar-refractivity contribution in [3.8, 4) is 0 Å². The Morgan fingerprint density at radius 1 is 0.933 bits per heavy atom. The first kappa shape index (κ1) is 10.1. The van der Waals surface area contributed by atoms with Crippen LogP contribution in [-0.4, -0.2) is 33.2 Å². The van der Waals surface area contributed by atoms with Crippen LogP contribution >= 0.6 is 0 Å². The fourth-order valence-electron chi connectivity index (χ4n) is 4.91. The topological polar surface area (TPSA) is 23.5 Å². The highest BCUT2D eigenvalue weighted by Crippen LogP contribution is 2.59. The van der Waals surface area contributed by atoms with Gasteiger partial charge in [0.25, 0.3) is 0 Å². The van der Waals surface area contributed by atoms with Crippen molar-refractivity contribution >= 4 is 0 Å². The molecule has 3 unspecified atom stereocenters. The lowest BCUT2D eigenvalue weighted by atomic mass is 9.77. The van der Waals surface area contributed by atoms with E-state index in [-0.39, 0.29) is 5.54 Å². The molecule has 86 valence electrons. The van der Waals surface area contributed by atoms with Gasteiger partial charge in [0.15, 0.2) is 0 Å². The second kappa shape index (κ2) is 2.78. The molecule has 3 aliphatic rings. The van der Waals surface area contributed by atoms with Crippen molar-refractivity contribution in [2.24, 2.45) is 0 Å². The van der Waals surface area contributed by atoms with Gasteiger partial charge in [-0.25, -0.2) is 0 Å². The first-order valence-corrected chi connectivity index (χ1v) is 6.46. The van der Waals surface area contributed by atoms with E-state index in [2.05, 4.69) is 18.7 Å². The zero-order chi connectivity index (χ0) is 10.7. The van der Waals surface area contributed by atoms with Crippen molar-refractivity contribution in [3.63, 3.8) is 0 Å². The van der Waals surface area contributed by atoms with Crippen molar-refractivity contribution in [2.45, 2.75) is 75.4 Å². The van der Waals surface area contributed by atoms with Gasteiger partial charge in [-0.2, -0.15) is 0 Å². The maximum atomic E-state index is 9.80. The lowest BCUT2D eigenvalue weighted by molar-refractivity contribution is -0.0690. The number of nitrogens with zero attached hydrogens (tertiary/aromatic N) is 1. The molecule has 0 saturated carbocycles. The Kier molecular flexibility index (Phi) is 1.87. The monoisotopic (exact) mass is 209 g/mol. The average molecular weight is 209 g/mol. The van der Waals surface area contributed by atoms with Crippen LogP contribution in [0.15, 0.2) is 0 Å². The number of aliphatic hydroxyl groups excluding tert-OH is 1. The van der Waals surface area contributed by atoms with E-state index in [1.807, 2.05) is 0 Å². The molecule has 0 aromatic rings. The van der Waals surface area contributed by atoms with Crippen molar-refractivity contribution in [3.05, 3.63) is 0 Å². The summed E-state index contributed by atoms with van der Waals surface area (Å²) < 4.78 is 0. The highest BCUT2D eigenvalue weighted by atomic mass is 16.3. The van der Waals surface area contributed by atoms with Crippen molar-refractivity contribution in [1.29, 1.82) is 0 Å². The molecule has 0 spiro atoms. The first-order chi connectivity index (χ1) is 7.05. The zero-order valence-corrected chi connectivity index (χ0v) is 10.1. The third-order valence-corrected chi connectivity index (χ3v) is 5.54. The Labute approximate surface area is 92.7 Å². The summed E-state index contributed by atoms with van der Waals surface area (Å²) in [4.78, 5) is 2.73. The summed E-state index contributed by atoms with van der Waals surface area (Å²) in [5, 5.41) is 9.80. The molecule has 3 heterocycles. The molecule has 3 saturated heterocycles. The molecule has 2 heteroatoms. The molecule has 0 aliphatic carbocycles. The van der Waals surface area contributed by atoms with Crippen molar-refractivity contribution in [2.75, 3.05) is 6.61 Å². The highest BCUT2D eigenvalue weighted by molar-refractivity contribution is 5.18. The fraction of sp³-hybridized carbons (Fsp3) is 1.00. The molecule has 3 fully saturated rings. The fourth-order valence-corrected chi connectivity index (χ4v) is 4.91. The molecule has 0 radical (unpaired) electrons. The summed E-state index contributed by atoms with van der Waals surface area (Å²) in [7, 11) is 0. The molecule has 3 atom stereocenters. The minimum atomic E-state index is 0.151. The molecule has 3 aliphatic heterocycles. The van der Waals surface area contributed by atoms with E-state index >= 15 is 0 Å². The van der Waals surface area contributed by atoms with E-state index < -0.39 is 0 Å². The molecular weight excluding hydrogens is 186 g/mol. The van der Waals surface area contributed by atoms with Gasteiger partial charge in [0, 0.05) is 16.6 Å². The summed E-state index contributed by atoms with van der Waals surface area (Å²) in [5.74, 6) is 0. The summed E-state index contributed by atoms with van der Waals surface area (Å²) in [6.45, 7) is 5.21. The van der Waals surface area contributed by atoms with Gasteiger partial charge in [-0.05, 0) is 58.8 Å². The third-order valence-electron chi connectivity index (χ3n) is 5.54. The summed E-state index contributed by atoms with van der Waals surface area (Å²) in [5.41, 5.74) is 0.947. The minimum Gasteiger partial charge on any atom is -0.394 e. The lowest BCUT2D eigenvalue weighted by Gasteiger charge is -2.53. The van der Waals surface area contributed by atoms with E-state index in [0.29, 0.717) is 17.7 Å². The Morgan fingerprint density at radius 2 is 1.53 bits per heavy atom. The quantitative estimate of drug-likeness (QED) is 0.716. The van der Waals surface area contributed by atoms with Crippen LogP contribution in [0.1, 0.15) is 58.8 Å². The van der Waals surface area contributed by atoms with Crippen LogP contribution in [0.5, 0.6) is 0 Å². The van der Waals surface area contributed by atoms with E-state index in [4.69, 9.17) is 0 Å². The molecule has 0 bridgehead atoms. The SMILES string of the molecule is CC12CCCC3(CO)CCC(C)(CC1)N23. The molecule has 1 N–H and O–H groups in total. The first-order valence-electron chi connectivity index (χ1n) is 6.46. The van der Waals surface area contributed by atoms with Crippen molar-refractivity contribution < 1.29 is 5.11 Å². The van der Waals surface area contributed by atoms with E-state index in [0.717, 1.165) is 0 Å². The molecule has 3 rings (SSSR count). The molecule has 0 aromatic heterocycles. The van der Waals surface area contributed by atoms with Gasteiger partial charge in [0.2, 0.25) is 0 Å². The maximum Gasteiger partial charge on any atom is 0.0615 e. The van der Waals surface area contributed by atoms with Crippen LogP contribution in [0.25, 0.3) is 0 Å². The van der Waals surface area contributed by atoms with Crippen LogP contribution in [-0.2, 0) is 0 Å². The highest BCUT2D eigenvalue weighted by Gasteiger charge is 2.63.